The number of nitrogen functional groups attached to an aromatic ring is 1. The molecule has 16 heavy (non-hydrogen) atoms. The summed E-state index contributed by atoms with van der Waals surface area (Å²) in [5.41, 5.74) is 6.08. The maximum absolute atomic E-state index is 7.43. The van der Waals surface area contributed by atoms with Gasteiger partial charge in [-0.1, -0.05) is 0 Å². The molecule has 80 valence electrons. The van der Waals surface area contributed by atoms with Crippen LogP contribution < -0.4 is 5.73 Å². The number of nitrogens with zero attached hydrogens (tertiary/aromatic N) is 3. The van der Waals surface area contributed by atoms with Gasteiger partial charge >= 0.3 is 0 Å². The number of pyridine rings is 1. The maximum atomic E-state index is 7.43. The molecule has 0 fully saturated rings. The van der Waals surface area contributed by atoms with E-state index in [-0.39, 0.29) is 5.84 Å². The van der Waals surface area contributed by atoms with E-state index in [1.165, 1.54) is 18.1 Å². The first-order chi connectivity index (χ1) is 7.77. The van der Waals surface area contributed by atoms with E-state index in [0.717, 1.165) is 5.03 Å². The Bertz CT molecular complexity index is 500. The van der Waals surface area contributed by atoms with E-state index < -0.39 is 0 Å². The summed E-state index contributed by atoms with van der Waals surface area (Å²) in [6, 6.07) is 5.29. The molecule has 0 amide bonds. The summed E-state index contributed by atoms with van der Waals surface area (Å²) in [6.07, 6.45) is 4.79. The van der Waals surface area contributed by atoms with Crippen molar-refractivity contribution in [1.29, 1.82) is 5.41 Å². The zero-order chi connectivity index (χ0) is 11.4. The van der Waals surface area contributed by atoms with E-state index in [1.807, 2.05) is 0 Å². The van der Waals surface area contributed by atoms with Crippen molar-refractivity contribution in [2.75, 3.05) is 0 Å². The second-order valence-corrected chi connectivity index (χ2v) is 3.93. The van der Waals surface area contributed by atoms with Crippen molar-refractivity contribution in [2.24, 2.45) is 5.73 Å². The Kier molecular flexibility index (Phi) is 3.11. The highest BCUT2D eigenvalue weighted by Gasteiger charge is 2.08. The molecule has 2 rings (SSSR count). The fourth-order valence-corrected chi connectivity index (χ4v) is 1.94. The van der Waals surface area contributed by atoms with Crippen molar-refractivity contribution in [3.05, 3.63) is 42.5 Å². The van der Waals surface area contributed by atoms with E-state index in [0.29, 0.717) is 10.6 Å². The van der Waals surface area contributed by atoms with Gasteiger partial charge in [-0.2, -0.15) is 0 Å². The average molecular weight is 231 g/mol. The topological polar surface area (TPSA) is 88.5 Å². The molecule has 3 N–H and O–H groups in total. The van der Waals surface area contributed by atoms with Crippen molar-refractivity contribution in [2.45, 2.75) is 10.1 Å². The summed E-state index contributed by atoms with van der Waals surface area (Å²) < 4.78 is 0. The predicted octanol–water partition coefficient (Wildman–Crippen LogP) is 1.31. The van der Waals surface area contributed by atoms with Gasteiger partial charge in [0.25, 0.3) is 0 Å². The number of amidine groups is 1. The molecule has 2 aromatic heterocycles. The summed E-state index contributed by atoms with van der Waals surface area (Å²) in [6.45, 7) is 0. The van der Waals surface area contributed by atoms with Crippen LogP contribution >= 0.6 is 11.8 Å². The molecule has 0 bridgehead atoms. The first kappa shape index (κ1) is 10.6. The van der Waals surface area contributed by atoms with Gasteiger partial charge in [0.1, 0.15) is 22.2 Å². The minimum Gasteiger partial charge on any atom is -0.384 e. The molecule has 0 saturated heterocycles. The van der Waals surface area contributed by atoms with Gasteiger partial charge in [-0.05, 0) is 30.0 Å². The average Bonchev–Trinajstić information content (AvgIpc) is 2.31. The molecule has 2 aromatic rings. The van der Waals surface area contributed by atoms with Gasteiger partial charge in [-0.25, -0.2) is 15.0 Å². The van der Waals surface area contributed by atoms with Crippen LogP contribution in [0.5, 0.6) is 0 Å². The zero-order valence-corrected chi connectivity index (χ0v) is 9.11. The van der Waals surface area contributed by atoms with Crippen LogP contribution in [-0.4, -0.2) is 20.8 Å². The molecule has 0 saturated carbocycles. The molecule has 0 aromatic carbocycles. The Morgan fingerprint density at radius 1 is 1.25 bits per heavy atom. The Labute approximate surface area is 96.7 Å². The summed E-state index contributed by atoms with van der Waals surface area (Å²) in [7, 11) is 0. The van der Waals surface area contributed by atoms with Crippen molar-refractivity contribution >= 4 is 17.6 Å². The molecular formula is C10H9N5S. The molecule has 0 atom stereocenters. The van der Waals surface area contributed by atoms with Crippen molar-refractivity contribution in [3.8, 4) is 0 Å². The lowest BCUT2D eigenvalue weighted by Crippen LogP contribution is -2.12. The Balaban J connectivity index is 2.31. The summed E-state index contributed by atoms with van der Waals surface area (Å²) >= 11 is 1.36. The van der Waals surface area contributed by atoms with Gasteiger partial charge in [0.2, 0.25) is 0 Å². The third kappa shape index (κ3) is 2.34. The van der Waals surface area contributed by atoms with Gasteiger partial charge in [0.15, 0.2) is 0 Å². The first-order valence-electron chi connectivity index (χ1n) is 4.50. The Morgan fingerprint density at radius 3 is 2.81 bits per heavy atom. The lowest BCUT2D eigenvalue weighted by molar-refractivity contribution is 1.03. The number of hydrogen-bond donors (Lipinski definition) is 2. The number of aromatic nitrogens is 3. The monoisotopic (exact) mass is 231 g/mol. The quantitative estimate of drug-likeness (QED) is 0.472. The second-order valence-electron chi connectivity index (χ2n) is 2.92. The number of nitrogens with two attached hydrogens (primary N) is 1. The van der Waals surface area contributed by atoms with Crippen LogP contribution in [0.1, 0.15) is 5.56 Å². The van der Waals surface area contributed by atoms with Gasteiger partial charge < -0.3 is 5.73 Å². The smallest absolute Gasteiger partial charge is 0.125 e. The molecule has 2 heterocycles. The van der Waals surface area contributed by atoms with Crippen molar-refractivity contribution in [3.63, 3.8) is 0 Å². The zero-order valence-electron chi connectivity index (χ0n) is 8.29. The van der Waals surface area contributed by atoms with Crippen LogP contribution in [0.25, 0.3) is 0 Å². The summed E-state index contributed by atoms with van der Waals surface area (Å²) in [5, 5.41) is 8.88. The van der Waals surface area contributed by atoms with Crippen molar-refractivity contribution < 1.29 is 0 Å². The third-order valence-electron chi connectivity index (χ3n) is 1.82. The molecule has 5 nitrogen and oxygen atoms in total. The first-order valence-corrected chi connectivity index (χ1v) is 5.32. The van der Waals surface area contributed by atoms with Crippen LogP contribution in [0.15, 0.2) is 47.0 Å². The van der Waals surface area contributed by atoms with E-state index in [4.69, 9.17) is 11.1 Å². The van der Waals surface area contributed by atoms with Crippen LogP contribution in [0.3, 0.4) is 0 Å². The molecule has 0 unspecified atom stereocenters. The van der Waals surface area contributed by atoms with E-state index in [9.17, 15) is 0 Å². The lowest BCUT2D eigenvalue weighted by atomic mass is 10.3. The Hall–Kier alpha value is -1.95. The SMILES string of the molecule is N=C(N)c1cccnc1Sc1ccncn1. The van der Waals surface area contributed by atoms with Gasteiger partial charge in [-0.3, -0.25) is 5.41 Å². The molecule has 0 spiro atoms. The largest absolute Gasteiger partial charge is 0.384 e. The molecule has 0 aliphatic heterocycles. The van der Waals surface area contributed by atoms with E-state index in [2.05, 4.69) is 15.0 Å². The van der Waals surface area contributed by atoms with Crippen LogP contribution in [0.4, 0.5) is 0 Å². The number of rotatable bonds is 3. The minimum atomic E-state index is 0.00431. The van der Waals surface area contributed by atoms with Crippen LogP contribution in [0, 0.1) is 5.41 Å². The third-order valence-corrected chi connectivity index (χ3v) is 2.79. The summed E-state index contributed by atoms with van der Waals surface area (Å²) in [4.78, 5) is 12.1. The summed E-state index contributed by atoms with van der Waals surface area (Å²) in [5.74, 6) is 0.00431. The molecule has 0 radical (unpaired) electrons. The normalized spacial score (nSPS) is 10.0. The van der Waals surface area contributed by atoms with Crippen molar-refractivity contribution in [1.82, 2.24) is 15.0 Å². The lowest BCUT2D eigenvalue weighted by Gasteiger charge is -2.04. The fourth-order valence-electron chi connectivity index (χ4n) is 1.12. The highest BCUT2D eigenvalue weighted by atomic mass is 32.2. The number of hydrogen-bond acceptors (Lipinski definition) is 5. The molecule has 0 aliphatic carbocycles. The van der Waals surface area contributed by atoms with Gasteiger partial charge in [0.05, 0.1) is 0 Å². The predicted molar refractivity (Wildman–Crippen MR) is 61.4 cm³/mol. The highest BCUT2D eigenvalue weighted by Crippen LogP contribution is 2.25. The number of nitrogens with one attached hydrogen (secondary N) is 1. The molecular weight excluding hydrogens is 222 g/mol. The maximum Gasteiger partial charge on any atom is 0.125 e. The van der Waals surface area contributed by atoms with Gasteiger partial charge in [0, 0.05) is 18.0 Å². The molecule has 6 heteroatoms. The second kappa shape index (κ2) is 4.71. The van der Waals surface area contributed by atoms with E-state index >= 15 is 0 Å². The van der Waals surface area contributed by atoms with E-state index in [1.54, 1.807) is 30.6 Å². The molecule has 0 aliphatic rings. The fraction of sp³-hybridized carbons (Fsp3) is 0. The van der Waals surface area contributed by atoms with Crippen LogP contribution in [0.2, 0.25) is 0 Å². The van der Waals surface area contributed by atoms with Gasteiger partial charge in [-0.15, -0.1) is 0 Å². The Morgan fingerprint density at radius 2 is 2.12 bits per heavy atom. The standard InChI is InChI=1S/C10H9N5S/c11-9(12)7-2-1-4-14-10(7)16-8-3-5-13-6-15-8/h1-6H,(H3,11,12). The minimum absolute atomic E-state index is 0.00431. The highest BCUT2D eigenvalue weighted by molar-refractivity contribution is 7.99. The van der Waals surface area contributed by atoms with Crippen LogP contribution in [-0.2, 0) is 0 Å².